The predicted molar refractivity (Wildman–Crippen MR) is 147 cm³/mol. The molecule has 0 fully saturated rings. The van der Waals surface area contributed by atoms with Crippen LogP contribution in [0.4, 0.5) is 11.4 Å². The number of carbonyl (C=O) groups excluding carboxylic acids is 1. The van der Waals surface area contributed by atoms with Crippen molar-refractivity contribution in [2.75, 3.05) is 37.0 Å². The molecular formula is C26H35N5O5S. The van der Waals surface area contributed by atoms with E-state index in [2.05, 4.69) is 25.7 Å². The highest BCUT2D eigenvalue weighted by atomic mass is 32.2. The van der Waals surface area contributed by atoms with E-state index < -0.39 is 15.9 Å². The van der Waals surface area contributed by atoms with Gasteiger partial charge in [-0.25, -0.2) is 8.42 Å². The van der Waals surface area contributed by atoms with Gasteiger partial charge in [0.2, 0.25) is 10.0 Å². The summed E-state index contributed by atoms with van der Waals surface area (Å²) in [6, 6.07) is 8.64. The van der Waals surface area contributed by atoms with Crippen molar-refractivity contribution in [1.29, 1.82) is 0 Å². The van der Waals surface area contributed by atoms with Crippen molar-refractivity contribution < 1.29 is 22.7 Å². The van der Waals surface area contributed by atoms with E-state index in [1.807, 2.05) is 34.7 Å². The molecule has 0 aliphatic carbocycles. The number of hydrogen-bond donors (Lipinski definition) is 4. The molecule has 0 radical (unpaired) electrons. The first-order valence-electron chi connectivity index (χ1n) is 11.8. The molecule has 1 aliphatic heterocycles. The number of rotatable bonds is 9. The van der Waals surface area contributed by atoms with Crippen molar-refractivity contribution in [2.45, 2.75) is 39.3 Å². The molecule has 1 amide bonds. The van der Waals surface area contributed by atoms with Crippen LogP contribution in [0.3, 0.4) is 0 Å². The van der Waals surface area contributed by atoms with Crippen LogP contribution in [0.1, 0.15) is 42.3 Å². The van der Waals surface area contributed by atoms with Crippen LogP contribution >= 0.6 is 0 Å². The van der Waals surface area contributed by atoms with Crippen LogP contribution in [-0.4, -0.2) is 53.7 Å². The van der Waals surface area contributed by atoms with E-state index in [-0.39, 0.29) is 23.0 Å². The van der Waals surface area contributed by atoms with Crippen LogP contribution in [-0.2, 0) is 15.4 Å². The highest BCUT2D eigenvalue weighted by Gasteiger charge is 2.23. The lowest BCUT2D eigenvalue weighted by atomic mass is 9.86. The maximum Gasteiger partial charge on any atom is 0.255 e. The van der Waals surface area contributed by atoms with Crippen LogP contribution in [0, 0.1) is 6.92 Å². The van der Waals surface area contributed by atoms with Crippen LogP contribution in [0.25, 0.3) is 0 Å². The lowest BCUT2D eigenvalue weighted by Crippen LogP contribution is -2.38. The number of benzene rings is 2. The van der Waals surface area contributed by atoms with Gasteiger partial charge in [-0.3, -0.25) is 14.5 Å². The number of amides is 1. The first kappa shape index (κ1) is 28.0. The summed E-state index contributed by atoms with van der Waals surface area (Å²) in [5, 5.41) is 9.12. The van der Waals surface area contributed by atoms with Gasteiger partial charge in [0.1, 0.15) is 11.9 Å². The van der Waals surface area contributed by atoms with Gasteiger partial charge in [-0.2, -0.15) is 0 Å². The van der Waals surface area contributed by atoms with E-state index in [4.69, 9.17) is 9.47 Å². The molecule has 1 atom stereocenters. The number of allylic oxidation sites excluding steroid dienone is 1. The Kier molecular flexibility index (Phi) is 8.49. The summed E-state index contributed by atoms with van der Waals surface area (Å²) in [6.45, 7) is 8.50. The normalized spacial score (nSPS) is 15.4. The highest BCUT2D eigenvalue weighted by molar-refractivity contribution is 7.92. The quantitative estimate of drug-likeness (QED) is 0.392. The van der Waals surface area contributed by atoms with Gasteiger partial charge < -0.3 is 25.4 Å². The Bertz CT molecular complexity index is 1330. The van der Waals surface area contributed by atoms with Crippen molar-refractivity contribution >= 4 is 33.5 Å². The van der Waals surface area contributed by atoms with E-state index in [9.17, 15) is 13.2 Å². The second kappa shape index (κ2) is 11.2. The van der Waals surface area contributed by atoms with Crippen LogP contribution in [0.15, 0.2) is 47.3 Å². The molecule has 1 unspecified atom stereocenters. The lowest BCUT2D eigenvalue weighted by Gasteiger charge is -2.24. The Hall–Kier alpha value is -3.57. The number of aryl methyl sites for hydroxylation is 1. The standard InChI is InChI=1S/C26H35N5O5S/c1-16-8-9-17(12-21(16)36-23-10-11-28-22(30-23)15-27-5)25(32)29-19-13-18(26(2,3)4)14-20(24(19)35-6)31-37(7,33)34/h8-14,22,27,30-31H,15H2,1-7H3,(H,29,32). The predicted octanol–water partition coefficient (Wildman–Crippen LogP) is 3.36. The first-order valence-corrected chi connectivity index (χ1v) is 13.6. The number of anilines is 2. The van der Waals surface area contributed by atoms with Gasteiger partial charge in [0.05, 0.1) is 24.7 Å². The minimum atomic E-state index is -3.59. The Balaban J connectivity index is 1.92. The Morgan fingerprint density at radius 2 is 1.86 bits per heavy atom. The molecule has 0 saturated carbocycles. The molecule has 200 valence electrons. The zero-order chi connectivity index (χ0) is 27.4. The zero-order valence-corrected chi connectivity index (χ0v) is 23.0. The van der Waals surface area contributed by atoms with Crippen molar-refractivity contribution in [3.63, 3.8) is 0 Å². The van der Waals surface area contributed by atoms with Crippen molar-refractivity contribution in [1.82, 2.24) is 10.6 Å². The summed E-state index contributed by atoms with van der Waals surface area (Å²) >= 11 is 0. The van der Waals surface area contributed by atoms with E-state index in [0.717, 1.165) is 17.4 Å². The smallest absolute Gasteiger partial charge is 0.255 e. The molecule has 11 heteroatoms. The summed E-state index contributed by atoms with van der Waals surface area (Å²) in [6.07, 6.45) is 4.30. The average molecular weight is 530 g/mol. The molecule has 10 nitrogen and oxygen atoms in total. The van der Waals surface area contributed by atoms with Crippen LogP contribution in [0.2, 0.25) is 0 Å². The van der Waals surface area contributed by atoms with Crippen molar-refractivity contribution in [3.8, 4) is 11.5 Å². The van der Waals surface area contributed by atoms with Crippen LogP contribution in [0.5, 0.6) is 11.5 Å². The average Bonchev–Trinajstić information content (AvgIpc) is 2.79. The largest absolute Gasteiger partial charge is 0.492 e. The number of ether oxygens (including phenoxy) is 2. The zero-order valence-electron chi connectivity index (χ0n) is 22.2. The lowest BCUT2D eigenvalue weighted by molar-refractivity contribution is 0.102. The number of nitrogens with zero attached hydrogens (tertiary/aromatic N) is 1. The maximum atomic E-state index is 13.3. The molecule has 1 heterocycles. The third kappa shape index (κ3) is 7.46. The molecule has 0 aromatic heterocycles. The topological polar surface area (TPSA) is 130 Å². The molecule has 1 aliphatic rings. The molecule has 4 N–H and O–H groups in total. The third-order valence-electron chi connectivity index (χ3n) is 5.57. The maximum absolute atomic E-state index is 13.3. The summed E-state index contributed by atoms with van der Waals surface area (Å²) in [5.74, 6) is 0.841. The van der Waals surface area contributed by atoms with Gasteiger partial charge in [0.25, 0.3) is 5.91 Å². The fourth-order valence-electron chi connectivity index (χ4n) is 3.64. The molecule has 37 heavy (non-hydrogen) atoms. The van der Waals surface area contributed by atoms with Crippen molar-refractivity contribution in [3.05, 3.63) is 59.0 Å². The first-order chi connectivity index (χ1) is 17.3. The van der Waals surface area contributed by atoms with Gasteiger partial charge in [-0.15, -0.1) is 0 Å². The summed E-state index contributed by atoms with van der Waals surface area (Å²) in [7, 11) is -0.324. The molecule has 2 aromatic carbocycles. The van der Waals surface area contributed by atoms with Gasteiger partial charge in [0, 0.05) is 24.4 Å². The van der Waals surface area contributed by atoms with E-state index in [1.165, 1.54) is 7.11 Å². The number of methoxy groups -OCH3 is 1. The summed E-state index contributed by atoms with van der Waals surface area (Å²) in [5.41, 5.74) is 2.29. The SMILES string of the molecule is CNCC1N=CC=C(Oc2cc(C(=O)Nc3cc(C(C)(C)C)cc(NS(C)(=O)=O)c3OC)ccc2C)N1. The number of nitrogens with one attached hydrogen (secondary N) is 4. The second-order valence-electron chi connectivity index (χ2n) is 9.81. The highest BCUT2D eigenvalue weighted by Crippen LogP contribution is 2.39. The van der Waals surface area contributed by atoms with Gasteiger partial charge in [0.15, 0.2) is 11.6 Å². The van der Waals surface area contributed by atoms with E-state index in [1.54, 1.807) is 42.6 Å². The Morgan fingerprint density at radius 3 is 2.49 bits per heavy atom. The van der Waals surface area contributed by atoms with Gasteiger partial charge in [-0.05, 0) is 54.8 Å². The van der Waals surface area contributed by atoms with Crippen molar-refractivity contribution in [2.24, 2.45) is 4.99 Å². The number of hydrogen-bond acceptors (Lipinski definition) is 8. The fourth-order valence-corrected chi connectivity index (χ4v) is 4.19. The number of likely N-dealkylation sites (N-methyl/N-ethyl adjacent to an activating group) is 1. The Labute approximate surface area is 218 Å². The third-order valence-corrected chi connectivity index (χ3v) is 6.16. The van der Waals surface area contributed by atoms with E-state index >= 15 is 0 Å². The van der Waals surface area contributed by atoms with Gasteiger partial charge in [-0.1, -0.05) is 26.8 Å². The van der Waals surface area contributed by atoms with Gasteiger partial charge >= 0.3 is 0 Å². The molecule has 2 aromatic rings. The molecule has 0 saturated heterocycles. The molecule has 0 spiro atoms. The van der Waals surface area contributed by atoms with Crippen LogP contribution < -0.4 is 30.1 Å². The minimum Gasteiger partial charge on any atom is -0.492 e. The Morgan fingerprint density at radius 1 is 1.16 bits per heavy atom. The molecule has 0 bridgehead atoms. The monoisotopic (exact) mass is 529 g/mol. The summed E-state index contributed by atoms with van der Waals surface area (Å²) < 4.78 is 38.0. The molecular weight excluding hydrogens is 494 g/mol. The number of sulfonamides is 1. The minimum absolute atomic E-state index is 0.158. The number of carbonyl (C=O) groups is 1. The van der Waals surface area contributed by atoms with E-state index in [0.29, 0.717) is 29.4 Å². The number of aliphatic imine (C=N–C) groups is 1. The molecule has 3 rings (SSSR count). The second-order valence-corrected chi connectivity index (χ2v) is 11.6. The fraction of sp³-hybridized carbons (Fsp3) is 0.385. The summed E-state index contributed by atoms with van der Waals surface area (Å²) in [4.78, 5) is 17.6.